The molecule has 2 rings (SSSR count). The van der Waals surface area contributed by atoms with Crippen LogP contribution in [0.25, 0.3) is 0 Å². The van der Waals surface area contributed by atoms with Crippen molar-refractivity contribution in [1.29, 1.82) is 0 Å². The van der Waals surface area contributed by atoms with E-state index in [-0.39, 0.29) is 36.0 Å². The fourth-order valence-electron chi connectivity index (χ4n) is 2.63. The lowest BCUT2D eigenvalue weighted by molar-refractivity contribution is -0.182. The lowest BCUT2D eigenvalue weighted by atomic mass is 10.2. The summed E-state index contributed by atoms with van der Waals surface area (Å²) in [7, 11) is -3.08. The van der Waals surface area contributed by atoms with Crippen molar-refractivity contribution in [3.8, 4) is 0 Å². The number of methoxy groups -OCH3 is 1. The predicted octanol–water partition coefficient (Wildman–Crippen LogP) is 1.01. The fraction of sp³-hybridized carbons (Fsp3) is 0.533. The van der Waals surface area contributed by atoms with Crippen molar-refractivity contribution in [1.82, 2.24) is 14.9 Å². The Morgan fingerprint density at radius 2 is 1.96 bits per heavy atom. The second-order valence-electron chi connectivity index (χ2n) is 5.71. The molecular weight excluding hydrogens is 411 g/mol. The summed E-state index contributed by atoms with van der Waals surface area (Å²) >= 11 is 0. The Bertz CT molecular complexity index is 740. The van der Waals surface area contributed by atoms with Gasteiger partial charge in [-0.3, -0.25) is 4.90 Å². The van der Waals surface area contributed by atoms with E-state index < -0.39 is 34.8 Å². The Labute approximate surface area is 161 Å². The summed E-state index contributed by atoms with van der Waals surface area (Å²) in [5.74, 6) is -0.740. The van der Waals surface area contributed by atoms with E-state index in [2.05, 4.69) is 10.1 Å². The summed E-state index contributed by atoms with van der Waals surface area (Å²) in [6, 6.07) is 3.00. The summed E-state index contributed by atoms with van der Waals surface area (Å²) in [4.78, 5) is 12.4. The number of nitrogens with one attached hydrogen (secondary N) is 2. The van der Waals surface area contributed by atoms with E-state index >= 15 is 0 Å². The van der Waals surface area contributed by atoms with Crippen LogP contribution in [-0.2, 0) is 14.8 Å². The van der Waals surface area contributed by atoms with Crippen LogP contribution >= 0.6 is 12.4 Å². The van der Waals surface area contributed by atoms with E-state index in [0.29, 0.717) is 13.1 Å². The molecule has 1 aliphatic heterocycles. The Kier molecular flexibility index (Phi) is 8.48. The van der Waals surface area contributed by atoms with Gasteiger partial charge >= 0.3 is 12.1 Å². The molecule has 0 saturated carbocycles. The van der Waals surface area contributed by atoms with Crippen molar-refractivity contribution in [3.05, 3.63) is 29.8 Å². The molecule has 2 N–H and O–H groups in total. The number of rotatable bonds is 6. The molecule has 1 saturated heterocycles. The average Bonchev–Trinajstić information content (AvgIpc) is 2.61. The molecule has 0 radical (unpaired) electrons. The number of carbonyl (C=O) groups excluding carboxylic acids is 1. The first-order valence-corrected chi connectivity index (χ1v) is 9.33. The van der Waals surface area contributed by atoms with Gasteiger partial charge in [-0.05, 0) is 18.2 Å². The van der Waals surface area contributed by atoms with E-state index in [1.807, 2.05) is 4.72 Å². The van der Waals surface area contributed by atoms with Gasteiger partial charge in [0.2, 0.25) is 10.0 Å². The molecule has 12 heteroatoms. The van der Waals surface area contributed by atoms with Gasteiger partial charge in [0.1, 0.15) is 6.04 Å². The number of piperazine rings is 1. The zero-order valence-corrected chi connectivity index (χ0v) is 16.1. The molecule has 0 amide bonds. The predicted molar refractivity (Wildman–Crippen MR) is 94.5 cm³/mol. The number of sulfonamides is 1. The molecule has 1 aromatic rings. The van der Waals surface area contributed by atoms with Gasteiger partial charge in [-0.1, -0.05) is 6.07 Å². The molecule has 1 atom stereocenters. The van der Waals surface area contributed by atoms with E-state index in [4.69, 9.17) is 0 Å². The first-order chi connectivity index (χ1) is 12.1. The highest BCUT2D eigenvalue weighted by molar-refractivity contribution is 7.89. The summed E-state index contributed by atoms with van der Waals surface area (Å²) < 4.78 is 71.2. The zero-order valence-electron chi connectivity index (χ0n) is 14.5. The highest BCUT2D eigenvalue weighted by Gasteiger charge is 2.44. The van der Waals surface area contributed by atoms with Gasteiger partial charge in [0.25, 0.3) is 0 Å². The monoisotopic (exact) mass is 431 g/mol. The number of benzene rings is 1. The van der Waals surface area contributed by atoms with Crippen molar-refractivity contribution in [2.75, 3.05) is 39.8 Å². The lowest BCUT2D eigenvalue weighted by Crippen LogP contribution is -2.57. The first kappa shape index (κ1) is 23.6. The molecule has 7 nitrogen and oxygen atoms in total. The van der Waals surface area contributed by atoms with Crippen LogP contribution < -0.4 is 10.0 Å². The van der Waals surface area contributed by atoms with Gasteiger partial charge in [0, 0.05) is 32.7 Å². The van der Waals surface area contributed by atoms with Crippen LogP contribution in [0.4, 0.5) is 13.2 Å². The molecule has 0 aliphatic carbocycles. The average molecular weight is 432 g/mol. The Morgan fingerprint density at radius 3 is 2.52 bits per heavy atom. The fourth-order valence-corrected chi connectivity index (χ4v) is 3.71. The number of carbonyl (C=O) groups is 1. The molecule has 0 aromatic heterocycles. The Balaban J connectivity index is 0.00000364. The minimum atomic E-state index is -4.58. The van der Waals surface area contributed by atoms with Gasteiger partial charge in [0.05, 0.1) is 17.6 Å². The van der Waals surface area contributed by atoms with Gasteiger partial charge in [-0.2, -0.15) is 13.2 Å². The van der Waals surface area contributed by atoms with Crippen LogP contribution in [0.3, 0.4) is 0 Å². The number of nitrogens with zero attached hydrogens (tertiary/aromatic N) is 1. The van der Waals surface area contributed by atoms with Crippen molar-refractivity contribution in [2.24, 2.45) is 0 Å². The number of esters is 1. The third kappa shape index (κ3) is 6.32. The summed E-state index contributed by atoms with van der Waals surface area (Å²) in [5, 5.41) is 2.95. The highest BCUT2D eigenvalue weighted by Crippen LogP contribution is 2.25. The maximum Gasteiger partial charge on any atom is 0.405 e. The highest BCUT2D eigenvalue weighted by atomic mass is 35.5. The van der Waals surface area contributed by atoms with Crippen molar-refractivity contribution in [3.63, 3.8) is 0 Å². The smallest absolute Gasteiger partial charge is 0.405 e. The largest absolute Gasteiger partial charge is 0.465 e. The molecule has 1 heterocycles. The van der Waals surface area contributed by atoms with Crippen LogP contribution in [0, 0.1) is 0 Å². The molecule has 1 unspecified atom stereocenters. The SMILES string of the molecule is COC(=O)c1cccc(S(=O)(=O)NCC(N2CCNCC2)C(F)(F)F)c1.Cl. The van der Waals surface area contributed by atoms with E-state index in [0.717, 1.165) is 13.2 Å². The standard InChI is InChI=1S/C15H20F3N3O4S.ClH/c1-25-14(22)11-3-2-4-12(9-11)26(23,24)20-10-13(15(16,17)18)21-7-5-19-6-8-21;/h2-4,9,13,19-20H,5-8,10H2,1H3;1H. The molecular formula is C15H21ClF3N3O4S. The Morgan fingerprint density at radius 1 is 1.33 bits per heavy atom. The lowest BCUT2D eigenvalue weighted by Gasteiger charge is -2.35. The second-order valence-corrected chi connectivity index (χ2v) is 7.48. The first-order valence-electron chi connectivity index (χ1n) is 7.84. The van der Waals surface area contributed by atoms with Crippen LogP contribution in [0.15, 0.2) is 29.2 Å². The molecule has 1 aromatic carbocycles. The van der Waals surface area contributed by atoms with E-state index in [1.54, 1.807) is 0 Å². The van der Waals surface area contributed by atoms with Gasteiger partial charge in [-0.15, -0.1) is 12.4 Å². The summed E-state index contributed by atoms with van der Waals surface area (Å²) in [6.45, 7) is 0.336. The number of ether oxygens (including phenoxy) is 1. The summed E-state index contributed by atoms with van der Waals surface area (Å²) in [5.41, 5.74) is -0.00940. The molecule has 27 heavy (non-hydrogen) atoms. The molecule has 0 bridgehead atoms. The van der Waals surface area contributed by atoms with Crippen LogP contribution in [0.1, 0.15) is 10.4 Å². The molecule has 154 valence electrons. The number of halogens is 4. The number of hydrogen-bond acceptors (Lipinski definition) is 6. The van der Waals surface area contributed by atoms with Crippen LogP contribution in [0.5, 0.6) is 0 Å². The maximum absolute atomic E-state index is 13.3. The van der Waals surface area contributed by atoms with Crippen LogP contribution in [-0.4, -0.2) is 71.3 Å². The molecule has 0 spiro atoms. The van der Waals surface area contributed by atoms with Crippen LogP contribution in [0.2, 0.25) is 0 Å². The minimum Gasteiger partial charge on any atom is -0.465 e. The van der Waals surface area contributed by atoms with Crippen molar-refractivity contribution in [2.45, 2.75) is 17.1 Å². The quantitative estimate of drug-likeness (QED) is 0.654. The summed E-state index contributed by atoms with van der Waals surface area (Å²) in [6.07, 6.45) is -4.58. The Hall–Kier alpha value is -1.40. The third-order valence-electron chi connectivity index (χ3n) is 4.00. The second kappa shape index (κ2) is 9.69. The third-order valence-corrected chi connectivity index (χ3v) is 5.42. The number of hydrogen-bond donors (Lipinski definition) is 2. The topological polar surface area (TPSA) is 87.7 Å². The minimum absolute atomic E-state index is 0. The maximum atomic E-state index is 13.3. The molecule has 1 fully saturated rings. The zero-order chi connectivity index (χ0) is 19.4. The normalized spacial score (nSPS) is 17.0. The van der Waals surface area contributed by atoms with Gasteiger partial charge in [0.15, 0.2) is 0 Å². The van der Waals surface area contributed by atoms with Gasteiger partial charge in [-0.25, -0.2) is 17.9 Å². The van der Waals surface area contributed by atoms with E-state index in [1.165, 1.54) is 23.1 Å². The molecule has 1 aliphatic rings. The number of alkyl halides is 3. The van der Waals surface area contributed by atoms with E-state index in [9.17, 15) is 26.4 Å². The van der Waals surface area contributed by atoms with Crippen molar-refractivity contribution < 1.29 is 31.1 Å². The van der Waals surface area contributed by atoms with Gasteiger partial charge < -0.3 is 10.1 Å². The van der Waals surface area contributed by atoms with Crippen molar-refractivity contribution >= 4 is 28.4 Å².